The van der Waals surface area contributed by atoms with E-state index in [2.05, 4.69) is 0 Å². The maximum absolute atomic E-state index is 12.0. The first-order valence-electron chi connectivity index (χ1n) is 5.65. The van der Waals surface area contributed by atoms with E-state index in [-0.39, 0.29) is 6.61 Å². The Labute approximate surface area is 111 Å². The van der Waals surface area contributed by atoms with E-state index in [9.17, 15) is 4.79 Å². The van der Waals surface area contributed by atoms with Gasteiger partial charge in [-0.2, -0.15) is 0 Å². The predicted molar refractivity (Wildman–Crippen MR) is 65.0 cm³/mol. The van der Waals surface area contributed by atoms with Crippen molar-refractivity contribution < 1.29 is 28.5 Å². The molecular weight excluding hydrogens is 252 g/mol. The molecule has 19 heavy (non-hydrogen) atoms. The van der Waals surface area contributed by atoms with Crippen LogP contribution in [0.4, 0.5) is 0 Å². The second-order valence-corrected chi connectivity index (χ2v) is 3.97. The Hall–Kier alpha value is -1.79. The van der Waals surface area contributed by atoms with Crippen LogP contribution < -0.4 is 9.47 Å². The molecule has 2 rings (SSSR count). The summed E-state index contributed by atoms with van der Waals surface area (Å²) in [5.74, 6) is -1.10. The van der Waals surface area contributed by atoms with Gasteiger partial charge in [0.15, 0.2) is 11.5 Å². The summed E-state index contributed by atoms with van der Waals surface area (Å²) >= 11 is 0. The summed E-state index contributed by atoms with van der Waals surface area (Å²) in [6.07, 6.45) is 0. The molecule has 6 heteroatoms. The molecule has 104 valence electrons. The van der Waals surface area contributed by atoms with Gasteiger partial charge in [-0.1, -0.05) is 0 Å². The molecule has 6 nitrogen and oxygen atoms in total. The van der Waals surface area contributed by atoms with Gasteiger partial charge in [-0.05, 0) is 12.1 Å². The number of esters is 1. The van der Waals surface area contributed by atoms with Gasteiger partial charge in [-0.25, -0.2) is 4.79 Å². The van der Waals surface area contributed by atoms with Gasteiger partial charge >= 0.3 is 5.97 Å². The first-order chi connectivity index (χ1) is 9.12. The van der Waals surface area contributed by atoms with Gasteiger partial charge < -0.3 is 23.7 Å². The number of ether oxygens (including phenoxy) is 5. The zero-order chi connectivity index (χ0) is 14.0. The van der Waals surface area contributed by atoms with Crippen molar-refractivity contribution in [1.29, 1.82) is 0 Å². The third-order valence-electron chi connectivity index (χ3n) is 3.17. The molecule has 0 fully saturated rings. The molecule has 0 saturated heterocycles. The van der Waals surface area contributed by atoms with Crippen LogP contribution >= 0.6 is 0 Å². The second kappa shape index (κ2) is 5.07. The van der Waals surface area contributed by atoms with Crippen molar-refractivity contribution in [1.82, 2.24) is 0 Å². The van der Waals surface area contributed by atoms with E-state index < -0.39 is 11.8 Å². The summed E-state index contributed by atoms with van der Waals surface area (Å²) in [5, 5.41) is 0. The van der Waals surface area contributed by atoms with Crippen molar-refractivity contribution in [2.75, 3.05) is 28.4 Å². The average Bonchev–Trinajstić information content (AvgIpc) is 2.46. The summed E-state index contributed by atoms with van der Waals surface area (Å²) in [6.45, 7) is 0.142. The number of hydrogen-bond acceptors (Lipinski definition) is 6. The first-order valence-corrected chi connectivity index (χ1v) is 5.65. The highest BCUT2D eigenvalue weighted by Crippen LogP contribution is 2.41. The lowest BCUT2D eigenvalue weighted by molar-refractivity contribution is -0.242. The van der Waals surface area contributed by atoms with E-state index >= 15 is 0 Å². The van der Waals surface area contributed by atoms with Crippen molar-refractivity contribution in [2.45, 2.75) is 12.4 Å². The molecule has 0 aromatic heterocycles. The molecule has 0 atom stereocenters. The summed E-state index contributed by atoms with van der Waals surface area (Å²) in [6, 6.07) is 3.41. The van der Waals surface area contributed by atoms with E-state index in [1.807, 2.05) is 0 Å². The maximum Gasteiger partial charge on any atom is 0.372 e. The molecule has 1 aliphatic heterocycles. The normalized spacial score (nSPS) is 16.5. The van der Waals surface area contributed by atoms with Crippen LogP contribution in [0.5, 0.6) is 11.5 Å². The Balaban J connectivity index is 2.65. The van der Waals surface area contributed by atoms with Gasteiger partial charge in [-0.3, -0.25) is 0 Å². The Kier molecular flexibility index (Phi) is 3.64. The fraction of sp³-hybridized carbons (Fsp3) is 0.462. The predicted octanol–water partition coefficient (Wildman–Crippen LogP) is 1.21. The van der Waals surface area contributed by atoms with Crippen LogP contribution in [0, 0.1) is 0 Å². The maximum atomic E-state index is 12.0. The highest BCUT2D eigenvalue weighted by molar-refractivity contribution is 5.82. The number of rotatable bonds is 4. The minimum atomic E-state index is -1.56. The highest BCUT2D eigenvalue weighted by Gasteiger charge is 2.48. The smallest absolute Gasteiger partial charge is 0.372 e. The third-order valence-corrected chi connectivity index (χ3v) is 3.17. The molecule has 1 heterocycles. The molecule has 0 spiro atoms. The standard InChI is InChI=1S/C13H16O6/c1-15-10-5-8-7-19-12(14)13(17-3,18-4)9(8)6-11(10)16-2/h5-6H,7H2,1-4H3. The number of carbonyl (C=O) groups is 1. The van der Waals surface area contributed by atoms with E-state index in [1.165, 1.54) is 21.3 Å². The Morgan fingerprint density at radius 1 is 1.05 bits per heavy atom. The van der Waals surface area contributed by atoms with Crippen LogP contribution in [0.3, 0.4) is 0 Å². The number of cyclic esters (lactones) is 1. The first kappa shape index (κ1) is 13.6. The number of methoxy groups -OCH3 is 4. The van der Waals surface area contributed by atoms with Gasteiger partial charge in [0, 0.05) is 25.3 Å². The third kappa shape index (κ3) is 1.93. The van der Waals surface area contributed by atoms with E-state index in [1.54, 1.807) is 19.2 Å². The molecule has 0 bridgehead atoms. The molecule has 1 aromatic carbocycles. The molecule has 0 unspecified atom stereocenters. The summed E-state index contributed by atoms with van der Waals surface area (Å²) in [7, 11) is 5.83. The van der Waals surface area contributed by atoms with Crippen LogP contribution in [0.2, 0.25) is 0 Å². The zero-order valence-corrected chi connectivity index (χ0v) is 11.3. The van der Waals surface area contributed by atoms with Gasteiger partial charge in [-0.15, -0.1) is 0 Å². The zero-order valence-electron chi connectivity index (χ0n) is 11.3. The lowest BCUT2D eigenvalue weighted by Gasteiger charge is -2.34. The van der Waals surface area contributed by atoms with Crippen molar-refractivity contribution in [3.8, 4) is 11.5 Å². The van der Waals surface area contributed by atoms with Crippen molar-refractivity contribution in [3.63, 3.8) is 0 Å². The minimum absolute atomic E-state index is 0.142. The lowest BCUT2D eigenvalue weighted by atomic mass is 9.96. The van der Waals surface area contributed by atoms with Crippen molar-refractivity contribution in [3.05, 3.63) is 23.3 Å². The number of hydrogen-bond donors (Lipinski definition) is 0. The monoisotopic (exact) mass is 268 g/mol. The van der Waals surface area contributed by atoms with E-state index in [0.717, 1.165) is 5.56 Å². The molecule has 0 N–H and O–H groups in total. The van der Waals surface area contributed by atoms with Crippen molar-refractivity contribution >= 4 is 5.97 Å². The fourth-order valence-corrected chi connectivity index (χ4v) is 2.17. The number of fused-ring (bicyclic) bond motifs is 1. The summed E-state index contributed by atoms with van der Waals surface area (Å²) in [5.41, 5.74) is 1.31. The Bertz CT molecular complexity index is 492. The fourth-order valence-electron chi connectivity index (χ4n) is 2.17. The molecule has 1 aliphatic rings. The van der Waals surface area contributed by atoms with Gasteiger partial charge in [0.2, 0.25) is 0 Å². The van der Waals surface area contributed by atoms with E-state index in [0.29, 0.717) is 17.1 Å². The van der Waals surface area contributed by atoms with Crippen LogP contribution in [0.15, 0.2) is 12.1 Å². The Morgan fingerprint density at radius 2 is 1.63 bits per heavy atom. The molecule has 0 aliphatic carbocycles. The average molecular weight is 268 g/mol. The number of carbonyl (C=O) groups excluding carboxylic acids is 1. The van der Waals surface area contributed by atoms with E-state index in [4.69, 9.17) is 23.7 Å². The van der Waals surface area contributed by atoms with Crippen LogP contribution in [0.25, 0.3) is 0 Å². The van der Waals surface area contributed by atoms with Crippen molar-refractivity contribution in [2.24, 2.45) is 0 Å². The summed E-state index contributed by atoms with van der Waals surface area (Å²) < 4.78 is 26.0. The topological polar surface area (TPSA) is 63.2 Å². The molecule has 0 saturated carbocycles. The lowest BCUT2D eigenvalue weighted by Crippen LogP contribution is -2.44. The second-order valence-electron chi connectivity index (χ2n) is 3.97. The van der Waals surface area contributed by atoms with Crippen LogP contribution in [-0.4, -0.2) is 34.4 Å². The largest absolute Gasteiger partial charge is 0.493 e. The molecule has 0 amide bonds. The number of benzene rings is 1. The molecule has 0 radical (unpaired) electrons. The summed E-state index contributed by atoms with van der Waals surface area (Å²) in [4.78, 5) is 12.0. The quantitative estimate of drug-likeness (QED) is 0.604. The van der Waals surface area contributed by atoms with Crippen LogP contribution in [0.1, 0.15) is 11.1 Å². The SMILES string of the molecule is COc1cc2c(cc1OC)C(OC)(OC)C(=O)OC2. The Morgan fingerprint density at radius 3 is 2.16 bits per heavy atom. The minimum Gasteiger partial charge on any atom is -0.493 e. The van der Waals surface area contributed by atoms with Gasteiger partial charge in [0.05, 0.1) is 14.2 Å². The van der Waals surface area contributed by atoms with Crippen LogP contribution in [-0.2, 0) is 31.4 Å². The molecular formula is C13H16O6. The van der Waals surface area contributed by atoms with Gasteiger partial charge in [0.1, 0.15) is 6.61 Å². The highest BCUT2D eigenvalue weighted by atomic mass is 16.7. The molecule has 1 aromatic rings. The van der Waals surface area contributed by atoms with Gasteiger partial charge in [0.25, 0.3) is 5.79 Å².